The molecule has 0 bridgehead atoms. The van der Waals surface area contributed by atoms with E-state index in [9.17, 15) is 18.5 Å². The topological polar surface area (TPSA) is 216 Å². The molecule has 44 heavy (non-hydrogen) atoms. The molecule has 0 saturated heterocycles. The number of anilines is 4. The van der Waals surface area contributed by atoms with Gasteiger partial charge in [-0.15, -0.1) is 10.2 Å². The van der Waals surface area contributed by atoms with Crippen LogP contribution in [-0.4, -0.2) is 75.5 Å². The lowest BCUT2D eigenvalue weighted by atomic mass is 9.90. The summed E-state index contributed by atoms with van der Waals surface area (Å²) in [7, 11) is -4.22. The SMILES string of the molecule is CCNc1nc(NCCS(=O)(=O)O)nc(-n2nc(C(C)(C)C)c(C#N)c2/N=N/c2ccc(N(CC)CC)cc2NC(C)=O)n1. The molecule has 0 aliphatic rings. The highest BCUT2D eigenvalue weighted by atomic mass is 32.2. The Labute approximate surface area is 256 Å². The van der Waals surface area contributed by atoms with Crippen molar-refractivity contribution in [2.75, 3.05) is 52.8 Å². The summed E-state index contributed by atoms with van der Waals surface area (Å²) in [5.74, 6) is -0.681. The third-order valence-electron chi connectivity index (χ3n) is 6.15. The van der Waals surface area contributed by atoms with Crippen molar-refractivity contribution in [1.29, 1.82) is 5.26 Å². The van der Waals surface area contributed by atoms with Gasteiger partial charge in [-0.25, -0.2) is 0 Å². The predicted octanol–water partition coefficient (Wildman–Crippen LogP) is 4.18. The maximum atomic E-state index is 12.0. The van der Waals surface area contributed by atoms with Crippen LogP contribution in [-0.2, 0) is 20.3 Å². The van der Waals surface area contributed by atoms with Crippen LogP contribution < -0.4 is 20.9 Å². The molecule has 3 aromatic rings. The second-order valence-corrected chi connectivity index (χ2v) is 12.2. The van der Waals surface area contributed by atoms with Crippen LogP contribution in [0.2, 0.25) is 0 Å². The standard InChI is InChI=1S/C27H38N12O4S/c1-8-29-24-32-25(30-13-14-44(41,42)43)34-26(33-24)39-23(19(16-28)22(37-39)27(5,6)7)36-35-20-12-11-18(38(9-2)10-3)15-21(20)31-17(4)40/h11-12,15H,8-10,13-14H2,1-7H3,(H,31,40)(H,41,42,43)(H2,29,30,32,33,34)/b36-35+. The zero-order chi connectivity index (χ0) is 32.7. The van der Waals surface area contributed by atoms with E-state index in [4.69, 9.17) is 4.55 Å². The Bertz CT molecular complexity index is 1670. The van der Waals surface area contributed by atoms with E-state index < -0.39 is 21.3 Å². The van der Waals surface area contributed by atoms with Gasteiger partial charge in [0.1, 0.15) is 17.3 Å². The summed E-state index contributed by atoms with van der Waals surface area (Å²) >= 11 is 0. The van der Waals surface area contributed by atoms with Crippen LogP contribution in [0.3, 0.4) is 0 Å². The molecule has 1 amide bonds. The van der Waals surface area contributed by atoms with E-state index in [-0.39, 0.29) is 41.7 Å². The molecule has 1 aromatic carbocycles. The normalized spacial score (nSPS) is 11.8. The summed E-state index contributed by atoms with van der Waals surface area (Å²) in [6.45, 7) is 14.8. The molecular weight excluding hydrogens is 588 g/mol. The van der Waals surface area contributed by atoms with E-state index in [1.54, 1.807) is 6.07 Å². The molecule has 2 heterocycles. The Hall–Kier alpha value is -4.69. The smallest absolute Gasteiger partial charge is 0.266 e. The number of azo groups is 1. The van der Waals surface area contributed by atoms with Gasteiger partial charge in [-0.3, -0.25) is 9.35 Å². The minimum Gasteiger partial charge on any atom is -0.372 e. The van der Waals surface area contributed by atoms with Crippen molar-refractivity contribution in [3.8, 4) is 12.0 Å². The number of carbonyl (C=O) groups is 1. The first-order valence-electron chi connectivity index (χ1n) is 14.0. The van der Waals surface area contributed by atoms with E-state index >= 15 is 0 Å². The van der Waals surface area contributed by atoms with Crippen molar-refractivity contribution >= 4 is 50.8 Å². The number of hydrogen-bond donors (Lipinski definition) is 4. The number of benzene rings is 1. The molecule has 0 saturated carbocycles. The molecule has 0 unspecified atom stereocenters. The molecule has 0 atom stereocenters. The van der Waals surface area contributed by atoms with Crippen molar-refractivity contribution in [2.24, 2.45) is 10.2 Å². The third kappa shape index (κ3) is 8.67. The van der Waals surface area contributed by atoms with E-state index in [0.29, 0.717) is 23.6 Å². The van der Waals surface area contributed by atoms with Crippen molar-refractivity contribution in [3.05, 3.63) is 29.5 Å². The van der Waals surface area contributed by atoms with Crippen LogP contribution in [0.15, 0.2) is 28.4 Å². The molecule has 0 aliphatic heterocycles. The number of nitrogens with zero attached hydrogens (tertiary/aromatic N) is 9. The highest BCUT2D eigenvalue weighted by molar-refractivity contribution is 7.85. The summed E-state index contributed by atoms with van der Waals surface area (Å²) in [4.78, 5) is 27.2. The number of rotatable bonds is 13. The zero-order valence-electron chi connectivity index (χ0n) is 25.9. The van der Waals surface area contributed by atoms with Gasteiger partial charge < -0.3 is 20.9 Å². The first kappa shape index (κ1) is 33.8. The summed E-state index contributed by atoms with van der Waals surface area (Å²) in [5.41, 5.74) is 1.66. The maximum Gasteiger partial charge on any atom is 0.266 e. The highest BCUT2D eigenvalue weighted by Crippen LogP contribution is 2.36. The fourth-order valence-corrected chi connectivity index (χ4v) is 4.48. The van der Waals surface area contributed by atoms with Gasteiger partial charge in [0.15, 0.2) is 5.82 Å². The summed E-state index contributed by atoms with van der Waals surface area (Å²) in [6, 6.07) is 7.58. The summed E-state index contributed by atoms with van der Waals surface area (Å²) < 4.78 is 32.8. The average Bonchev–Trinajstić information content (AvgIpc) is 3.32. The fraction of sp³-hybridized carbons (Fsp3) is 0.481. The second kappa shape index (κ2) is 14.2. The van der Waals surface area contributed by atoms with Crippen LogP contribution in [0, 0.1) is 11.3 Å². The van der Waals surface area contributed by atoms with Crippen molar-refractivity contribution in [2.45, 2.75) is 53.9 Å². The molecule has 0 aliphatic carbocycles. The Balaban J connectivity index is 2.21. The molecule has 0 radical (unpaired) electrons. The maximum absolute atomic E-state index is 12.0. The van der Waals surface area contributed by atoms with Crippen LogP contribution in [0.4, 0.5) is 34.8 Å². The molecule has 0 fully saturated rings. The second-order valence-electron chi connectivity index (χ2n) is 10.6. The van der Waals surface area contributed by atoms with Crippen molar-refractivity contribution in [3.63, 3.8) is 0 Å². The average molecular weight is 627 g/mol. The minimum atomic E-state index is -4.22. The zero-order valence-corrected chi connectivity index (χ0v) is 26.7. The quantitative estimate of drug-likeness (QED) is 0.155. The number of aromatic nitrogens is 5. The van der Waals surface area contributed by atoms with Gasteiger partial charge in [-0.1, -0.05) is 20.8 Å². The minimum absolute atomic E-state index is 0.00346. The van der Waals surface area contributed by atoms with E-state index in [1.807, 2.05) is 53.7 Å². The van der Waals surface area contributed by atoms with Crippen molar-refractivity contribution < 1.29 is 17.8 Å². The van der Waals surface area contributed by atoms with Crippen LogP contribution in [0.25, 0.3) is 5.95 Å². The molecule has 16 nitrogen and oxygen atoms in total. The van der Waals surface area contributed by atoms with E-state index in [2.05, 4.69) is 57.2 Å². The molecule has 2 aromatic heterocycles. The number of hydrogen-bond acceptors (Lipinski definition) is 13. The van der Waals surface area contributed by atoms with Gasteiger partial charge in [-0.05, 0) is 39.0 Å². The van der Waals surface area contributed by atoms with Crippen molar-refractivity contribution in [1.82, 2.24) is 24.7 Å². The fourth-order valence-electron chi connectivity index (χ4n) is 4.12. The summed E-state index contributed by atoms with van der Waals surface area (Å²) in [6.07, 6.45) is 0. The molecule has 3 rings (SSSR count). The van der Waals surface area contributed by atoms with Gasteiger partial charge in [-0.2, -0.15) is 38.4 Å². The lowest BCUT2D eigenvalue weighted by molar-refractivity contribution is -0.114. The van der Waals surface area contributed by atoms with Crippen LogP contribution in [0.1, 0.15) is 59.7 Å². The van der Waals surface area contributed by atoms with Gasteiger partial charge in [0, 0.05) is 44.2 Å². The Kier molecular flexibility index (Phi) is 10.9. The molecule has 236 valence electrons. The van der Waals surface area contributed by atoms with E-state index in [1.165, 1.54) is 11.6 Å². The lowest BCUT2D eigenvalue weighted by Crippen LogP contribution is -2.21. The predicted molar refractivity (Wildman–Crippen MR) is 168 cm³/mol. The monoisotopic (exact) mass is 626 g/mol. The Morgan fingerprint density at radius 3 is 2.30 bits per heavy atom. The van der Waals surface area contributed by atoms with Crippen LogP contribution in [0.5, 0.6) is 0 Å². The number of nitriles is 1. The summed E-state index contributed by atoms with van der Waals surface area (Å²) in [5, 5.41) is 32.2. The lowest BCUT2D eigenvalue weighted by Gasteiger charge is -2.22. The van der Waals surface area contributed by atoms with Gasteiger partial charge in [0.2, 0.25) is 17.8 Å². The first-order chi connectivity index (χ1) is 20.7. The molecular formula is C27H38N12O4S. The largest absolute Gasteiger partial charge is 0.372 e. The number of carbonyl (C=O) groups excluding carboxylic acids is 1. The number of amides is 1. The molecule has 17 heteroatoms. The third-order valence-corrected chi connectivity index (χ3v) is 6.87. The van der Waals surface area contributed by atoms with Crippen LogP contribution >= 0.6 is 0 Å². The Morgan fingerprint density at radius 1 is 1.09 bits per heavy atom. The Morgan fingerprint density at radius 2 is 1.75 bits per heavy atom. The van der Waals surface area contributed by atoms with Gasteiger partial charge >= 0.3 is 0 Å². The van der Waals surface area contributed by atoms with Gasteiger partial charge in [0.25, 0.3) is 16.1 Å². The number of nitrogens with one attached hydrogen (secondary N) is 3. The van der Waals surface area contributed by atoms with E-state index in [0.717, 1.165) is 18.8 Å². The first-order valence-corrected chi connectivity index (χ1v) is 15.6. The molecule has 4 N–H and O–H groups in total. The highest BCUT2D eigenvalue weighted by Gasteiger charge is 2.29. The van der Waals surface area contributed by atoms with Gasteiger partial charge in [0.05, 0.1) is 17.1 Å². The molecule has 0 spiro atoms.